The summed E-state index contributed by atoms with van der Waals surface area (Å²) in [6, 6.07) is 22.9. The molecular weight excluding hydrogens is 1110 g/mol. The number of morpholine rings is 2. The second kappa shape index (κ2) is 26.8. The van der Waals surface area contributed by atoms with E-state index in [9.17, 15) is 16.8 Å². The van der Waals surface area contributed by atoms with Gasteiger partial charge in [0.05, 0.1) is 96.1 Å². The number of anilines is 7. The fourth-order valence-corrected chi connectivity index (χ4v) is 12.8. The molecule has 424 valence electrons. The van der Waals surface area contributed by atoms with Crippen LogP contribution in [0, 0.1) is 0 Å². The summed E-state index contributed by atoms with van der Waals surface area (Å²) in [5.74, 6) is 2.37. The van der Waals surface area contributed by atoms with Crippen LogP contribution in [0.5, 0.6) is 11.5 Å². The Morgan fingerprint density at radius 1 is 0.595 bits per heavy atom. The Morgan fingerprint density at radius 2 is 1.05 bits per heavy atom. The molecule has 4 heterocycles. The molecule has 23 heteroatoms. The zero-order valence-electron chi connectivity index (χ0n) is 45.3. The van der Waals surface area contributed by atoms with Crippen LogP contribution in [0.1, 0.15) is 62.8 Å². The Morgan fingerprint density at radius 3 is 1.54 bits per heavy atom. The van der Waals surface area contributed by atoms with Crippen LogP contribution in [0.25, 0.3) is 0 Å². The molecule has 6 aromatic rings. The van der Waals surface area contributed by atoms with Gasteiger partial charge < -0.3 is 40.6 Å². The first-order valence-corrected chi connectivity index (χ1v) is 30.5. The third-order valence-corrected chi connectivity index (χ3v) is 19.6. The van der Waals surface area contributed by atoms with Gasteiger partial charge >= 0.3 is 0 Å². The SMILES string of the molecule is CC(C)S(=O)(=O)c1ccccc1Nc1nc(Cl)ncc1Cl.COc1cc2c(cc1N)CCC(N1CCOCC1)C2.COc1cc2c(cc1Nc1ncc(Cl)c(Nc3ccccc3S(=O)(=O)C(C)C)n1)CCC(N1CCOCC1)C2. The Balaban J connectivity index is 0.000000172. The van der Waals surface area contributed by atoms with Crippen molar-refractivity contribution in [3.8, 4) is 11.5 Å². The van der Waals surface area contributed by atoms with Gasteiger partial charge in [-0.1, -0.05) is 47.5 Å². The van der Waals surface area contributed by atoms with Crippen LogP contribution in [-0.2, 0) is 54.8 Å². The number of methoxy groups -OCH3 is 2. The third kappa shape index (κ3) is 14.7. The first kappa shape index (κ1) is 59.6. The molecule has 4 aliphatic rings. The second-order valence-corrected chi connectivity index (χ2v) is 26.2. The molecule has 2 aliphatic carbocycles. The summed E-state index contributed by atoms with van der Waals surface area (Å²) >= 11 is 18.1. The average molecular weight is 1180 g/mol. The number of halogens is 3. The summed E-state index contributed by atoms with van der Waals surface area (Å²) in [5.41, 5.74) is 13.7. The van der Waals surface area contributed by atoms with Gasteiger partial charge in [-0.2, -0.15) is 9.97 Å². The number of para-hydroxylation sites is 2. The lowest BCUT2D eigenvalue weighted by Crippen LogP contribution is -2.45. The first-order chi connectivity index (χ1) is 37.9. The molecule has 2 unspecified atom stereocenters. The van der Waals surface area contributed by atoms with Gasteiger partial charge in [-0.05, 0) is 149 Å². The number of aryl methyl sites for hydroxylation is 2. The van der Waals surface area contributed by atoms with Gasteiger partial charge in [0.1, 0.15) is 21.5 Å². The van der Waals surface area contributed by atoms with Crippen molar-refractivity contribution < 1.29 is 35.8 Å². The summed E-state index contributed by atoms with van der Waals surface area (Å²) in [6.07, 6.45) is 9.33. The van der Waals surface area contributed by atoms with Crippen molar-refractivity contribution in [3.63, 3.8) is 0 Å². The topological polar surface area (TPSA) is 225 Å². The standard InChI is InChI=1S/C28H34ClN5O4S.C15H22N2O2.C13H13Cl2N3O2S/c1-18(2)39(35,36)26-7-5-4-6-23(26)31-27-22(29)17-30-28(33-27)32-24-15-19-8-9-21(34-10-12-38-13-11-34)14-20(19)16-25(24)37-3;1-18-15-10-12-8-13(17-4-6-19-7-5-17)3-2-11(12)9-14(15)16;1-8(2)21(19,20)11-6-4-3-5-10(11)17-12-9(14)7-16-13(15)18-12/h4-7,15-18,21H,8-14H2,1-3H3,(H2,30,31,32,33);9-10,13H,2-8,16H2,1H3;3-8H,1-2H3,(H,16,17,18). The highest BCUT2D eigenvalue weighted by molar-refractivity contribution is 7.92. The van der Waals surface area contributed by atoms with Gasteiger partial charge in [-0.15, -0.1) is 0 Å². The number of nitrogens with zero attached hydrogens (tertiary/aromatic N) is 6. The van der Waals surface area contributed by atoms with Gasteiger partial charge in [0.2, 0.25) is 11.2 Å². The van der Waals surface area contributed by atoms with Crippen LogP contribution in [0.15, 0.2) is 95.0 Å². The van der Waals surface area contributed by atoms with Crippen molar-refractivity contribution in [2.75, 3.05) is 88.5 Å². The molecule has 0 bridgehead atoms. The molecule has 10 rings (SSSR count). The van der Waals surface area contributed by atoms with E-state index in [1.54, 1.807) is 84.4 Å². The van der Waals surface area contributed by atoms with Crippen molar-refractivity contribution in [1.29, 1.82) is 0 Å². The fraction of sp³-hybridized carbons (Fsp3) is 0.429. The molecule has 2 atom stereocenters. The van der Waals surface area contributed by atoms with Crippen LogP contribution in [0.4, 0.5) is 40.3 Å². The predicted octanol–water partition coefficient (Wildman–Crippen LogP) is 10.2. The Labute approximate surface area is 478 Å². The fourth-order valence-electron chi connectivity index (χ4n) is 9.97. The highest BCUT2D eigenvalue weighted by Gasteiger charge is 2.30. The number of nitrogens with two attached hydrogens (primary N) is 1. The summed E-state index contributed by atoms with van der Waals surface area (Å²) in [4.78, 5) is 22.1. The number of nitrogens with one attached hydrogen (secondary N) is 3. The van der Waals surface area contributed by atoms with E-state index in [1.807, 2.05) is 0 Å². The lowest BCUT2D eigenvalue weighted by atomic mass is 9.86. The van der Waals surface area contributed by atoms with Crippen molar-refractivity contribution >= 4 is 94.8 Å². The van der Waals surface area contributed by atoms with Crippen LogP contribution >= 0.6 is 34.8 Å². The van der Waals surface area contributed by atoms with Gasteiger partial charge in [0, 0.05) is 38.3 Å². The van der Waals surface area contributed by atoms with Gasteiger partial charge in [0.15, 0.2) is 31.3 Å². The average Bonchev–Trinajstić information content (AvgIpc) is 3.50. The smallest absolute Gasteiger partial charge is 0.229 e. The number of rotatable bonds is 14. The summed E-state index contributed by atoms with van der Waals surface area (Å²) in [6.45, 7) is 14.0. The van der Waals surface area contributed by atoms with Gasteiger partial charge in [-0.25, -0.2) is 26.8 Å². The number of ether oxygens (including phenoxy) is 4. The molecule has 5 N–H and O–H groups in total. The molecule has 0 radical (unpaired) electrons. The van der Waals surface area contributed by atoms with E-state index in [2.05, 4.69) is 70.0 Å². The minimum absolute atomic E-state index is 0.0195. The van der Waals surface area contributed by atoms with E-state index in [-0.39, 0.29) is 30.9 Å². The number of sulfone groups is 2. The lowest BCUT2D eigenvalue weighted by Gasteiger charge is -2.37. The van der Waals surface area contributed by atoms with E-state index >= 15 is 0 Å². The second-order valence-electron chi connectivity index (χ2n) is 20.1. The van der Waals surface area contributed by atoms with Crippen LogP contribution in [-0.4, -0.2) is 136 Å². The molecular formula is C56H69Cl3N10O8S2. The number of hydrogen-bond acceptors (Lipinski definition) is 18. The summed E-state index contributed by atoms with van der Waals surface area (Å²) < 4.78 is 72.5. The molecule has 4 aromatic carbocycles. The third-order valence-electron chi connectivity index (χ3n) is 14.4. The van der Waals surface area contributed by atoms with E-state index in [1.165, 1.54) is 47.1 Å². The molecule has 2 fully saturated rings. The number of benzene rings is 4. The number of fused-ring (bicyclic) bond motifs is 2. The van der Waals surface area contributed by atoms with Crippen molar-refractivity contribution in [2.45, 2.75) is 98.6 Å². The number of hydrogen-bond donors (Lipinski definition) is 4. The predicted molar refractivity (Wildman–Crippen MR) is 313 cm³/mol. The Bertz CT molecular complexity index is 3310. The van der Waals surface area contributed by atoms with Crippen LogP contribution in [0.2, 0.25) is 15.3 Å². The molecule has 2 aliphatic heterocycles. The minimum Gasteiger partial charge on any atom is -0.495 e. The van der Waals surface area contributed by atoms with Gasteiger partial charge in [0.25, 0.3) is 0 Å². The quantitative estimate of drug-likeness (QED) is 0.0588. The van der Waals surface area contributed by atoms with Crippen LogP contribution < -0.4 is 31.2 Å². The van der Waals surface area contributed by atoms with Gasteiger partial charge in [-0.3, -0.25) is 9.80 Å². The summed E-state index contributed by atoms with van der Waals surface area (Å²) in [7, 11) is -3.62. The largest absolute Gasteiger partial charge is 0.495 e. The van der Waals surface area contributed by atoms with E-state index in [0.29, 0.717) is 41.0 Å². The zero-order chi connectivity index (χ0) is 56.4. The molecule has 0 spiro atoms. The van der Waals surface area contributed by atoms with E-state index in [4.69, 9.17) is 59.5 Å². The lowest BCUT2D eigenvalue weighted by molar-refractivity contribution is 0.0137. The molecule has 18 nitrogen and oxygen atoms in total. The normalized spacial score (nSPS) is 17.8. The molecule has 0 saturated carbocycles. The minimum atomic E-state index is -3.52. The maximum Gasteiger partial charge on any atom is 0.229 e. The number of aromatic nitrogens is 4. The monoisotopic (exact) mass is 1180 g/mol. The highest BCUT2D eigenvalue weighted by Crippen LogP contribution is 2.38. The van der Waals surface area contributed by atoms with E-state index < -0.39 is 30.2 Å². The van der Waals surface area contributed by atoms with E-state index in [0.717, 1.165) is 102 Å². The highest BCUT2D eigenvalue weighted by atomic mass is 35.5. The summed E-state index contributed by atoms with van der Waals surface area (Å²) in [5, 5.41) is 8.69. The molecule has 0 amide bonds. The van der Waals surface area contributed by atoms with Crippen LogP contribution in [0.3, 0.4) is 0 Å². The number of nitrogen functional groups attached to an aromatic ring is 1. The maximum absolute atomic E-state index is 12.9. The van der Waals surface area contributed by atoms with Crippen molar-refractivity contribution in [2.24, 2.45) is 0 Å². The molecule has 2 saturated heterocycles. The zero-order valence-corrected chi connectivity index (χ0v) is 49.2. The Kier molecular flexibility index (Phi) is 20.2. The Hall–Kier alpha value is -5.55. The van der Waals surface area contributed by atoms with Crippen molar-refractivity contribution in [3.05, 3.63) is 123 Å². The van der Waals surface area contributed by atoms with Crippen molar-refractivity contribution in [1.82, 2.24) is 29.7 Å². The molecule has 79 heavy (non-hydrogen) atoms. The first-order valence-electron chi connectivity index (χ1n) is 26.3. The maximum atomic E-state index is 12.9. The molecule has 2 aromatic heterocycles.